The Bertz CT molecular complexity index is 739. The fourth-order valence-electron chi connectivity index (χ4n) is 1.70. The highest BCUT2D eigenvalue weighted by Crippen LogP contribution is 2.11. The van der Waals surface area contributed by atoms with Gasteiger partial charge in [0, 0.05) is 11.6 Å². The summed E-state index contributed by atoms with van der Waals surface area (Å²) < 4.78 is 17.8. The number of amides is 1. The van der Waals surface area contributed by atoms with Gasteiger partial charge in [-0.3, -0.25) is 14.4 Å². The van der Waals surface area contributed by atoms with E-state index in [-0.39, 0.29) is 23.0 Å². The second-order valence-electron chi connectivity index (χ2n) is 3.95. The SMILES string of the molecule is COC(=O)CNC(=O)c1c[nH]c2c(F)cccc2c1=O. The third-order valence-corrected chi connectivity index (χ3v) is 2.73. The number of pyridine rings is 1. The lowest BCUT2D eigenvalue weighted by atomic mass is 10.1. The first-order chi connectivity index (χ1) is 9.54. The summed E-state index contributed by atoms with van der Waals surface area (Å²) in [5.41, 5.74) is -0.783. The summed E-state index contributed by atoms with van der Waals surface area (Å²) in [6.07, 6.45) is 1.11. The number of hydrogen-bond acceptors (Lipinski definition) is 4. The van der Waals surface area contributed by atoms with Crippen molar-refractivity contribution >= 4 is 22.8 Å². The highest BCUT2D eigenvalue weighted by molar-refractivity contribution is 5.98. The standard InChI is InChI=1S/C13H11FN2O4/c1-20-10(17)6-16-13(19)8-5-15-11-7(12(8)18)3-2-4-9(11)14/h2-5H,6H2,1H3,(H,15,18)(H,16,19). The first-order valence-electron chi connectivity index (χ1n) is 5.69. The average molecular weight is 278 g/mol. The maximum Gasteiger partial charge on any atom is 0.325 e. The summed E-state index contributed by atoms with van der Waals surface area (Å²) in [4.78, 5) is 37.3. The number of para-hydroxylation sites is 1. The predicted octanol–water partition coefficient (Wildman–Crippen LogP) is 0.570. The number of H-pyrrole nitrogens is 1. The number of nitrogens with one attached hydrogen (secondary N) is 2. The summed E-state index contributed by atoms with van der Waals surface area (Å²) in [5, 5.41) is 2.31. The molecule has 2 N–H and O–H groups in total. The number of hydrogen-bond donors (Lipinski definition) is 2. The van der Waals surface area contributed by atoms with E-state index >= 15 is 0 Å². The van der Waals surface area contributed by atoms with Crippen LogP contribution in [0.15, 0.2) is 29.2 Å². The van der Waals surface area contributed by atoms with Crippen LogP contribution in [0.3, 0.4) is 0 Å². The van der Waals surface area contributed by atoms with E-state index in [0.717, 1.165) is 6.20 Å². The third kappa shape index (κ3) is 2.51. The highest BCUT2D eigenvalue weighted by Gasteiger charge is 2.15. The quantitative estimate of drug-likeness (QED) is 0.803. The largest absolute Gasteiger partial charge is 0.468 e. The molecular formula is C13H11FN2O4. The van der Waals surface area contributed by atoms with Crippen LogP contribution in [-0.2, 0) is 9.53 Å². The molecule has 104 valence electrons. The molecule has 0 fully saturated rings. The van der Waals surface area contributed by atoms with Gasteiger partial charge < -0.3 is 15.0 Å². The Labute approximate surface area is 112 Å². The maximum absolute atomic E-state index is 13.5. The summed E-state index contributed by atoms with van der Waals surface area (Å²) in [5.74, 6) is -1.95. The molecule has 6 nitrogen and oxygen atoms in total. The molecule has 0 aliphatic rings. The smallest absolute Gasteiger partial charge is 0.325 e. The highest BCUT2D eigenvalue weighted by atomic mass is 19.1. The van der Waals surface area contributed by atoms with Crippen LogP contribution in [0.25, 0.3) is 10.9 Å². The van der Waals surface area contributed by atoms with Crippen molar-refractivity contribution in [2.75, 3.05) is 13.7 Å². The van der Waals surface area contributed by atoms with Gasteiger partial charge in [0.05, 0.1) is 12.6 Å². The molecule has 0 bridgehead atoms. The minimum atomic E-state index is -0.734. The minimum Gasteiger partial charge on any atom is -0.468 e. The van der Waals surface area contributed by atoms with Crippen molar-refractivity contribution in [1.82, 2.24) is 10.3 Å². The zero-order chi connectivity index (χ0) is 14.7. The number of aromatic amines is 1. The second-order valence-corrected chi connectivity index (χ2v) is 3.95. The van der Waals surface area contributed by atoms with E-state index in [4.69, 9.17) is 0 Å². The van der Waals surface area contributed by atoms with Crippen LogP contribution in [0.1, 0.15) is 10.4 Å². The van der Waals surface area contributed by atoms with E-state index < -0.39 is 23.1 Å². The van der Waals surface area contributed by atoms with E-state index in [0.29, 0.717) is 0 Å². The molecule has 2 aromatic rings. The zero-order valence-electron chi connectivity index (χ0n) is 10.5. The number of fused-ring (bicyclic) bond motifs is 1. The lowest BCUT2D eigenvalue weighted by molar-refractivity contribution is -0.139. The molecule has 0 unspecified atom stereocenters. The molecule has 0 saturated heterocycles. The Hall–Kier alpha value is -2.70. The van der Waals surface area contributed by atoms with Gasteiger partial charge in [-0.05, 0) is 12.1 Å². The second kappa shape index (κ2) is 5.52. The van der Waals surface area contributed by atoms with Crippen LogP contribution >= 0.6 is 0 Å². The van der Waals surface area contributed by atoms with Gasteiger partial charge in [0.1, 0.15) is 17.9 Å². The number of carbonyl (C=O) groups excluding carboxylic acids is 2. The van der Waals surface area contributed by atoms with Crippen molar-refractivity contribution in [2.24, 2.45) is 0 Å². The Kier molecular flexibility index (Phi) is 3.79. The van der Waals surface area contributed by atoms with Gasteiger partial charge in [0.25, 0.3) is 5.91 Å². The fourth-order valence-corrected chi connectivity index (χ4v) is 1.70. The summed E-state index contributed by atoms with van der Waals surface area (Å²) in [7, 11) is 1.18. The fraction of sp³-hybridized carbons (Fsp3) is 0.154. The van der Waals surface area contributed by atoms with Crippen molar-refractivity contribution in [2.45, 2.75) is 0 Å². The van der Waals surface area contributed by atoms with Crippen molar-refractivity contribution < 1.29 is 18.7 Å². The van der Waals surface area contributed by atoms with Crippen molar-refractivity contribution in [3.8, 4) is 0 Å². The third-order valence-electron chi connectivity index (χ3n) is 2.73. The number of aromatic nitrogens is 1. The van der Waals surface area contributed by atoms with Gasteiger partial charge in [-0.2, -0.15) is 0 Å². The lowest BCUT2D eigenvalue weighted by Gasteiger charge is -2.05. The predicted molar refractivity (Wildman–Crippen MR) is 68.9 cm³/mol. The van der Waals surface area contributed by atoms with Crippen LogP contribution < -0.4 is 10.7 Å². The van der Waals surface area contributed by atoms with Gasteiger partial charge in [-0.1, -0.05) is 6.07 Å². The summed E-state index contributed by atoms with van der Waals surface area (Å²) in [6, 6.07) is 3.99. The number of halogens is 1. The number of esters is 1. The molecule has 1 aromatic carbocycles. The van der Waals surface area contributed by atoms with E-state index in [1.54, 1.807) is 0 Å². The molecule has 0 aliphatic carbocycles. The molecule has 1 amide bonds. The summed E-state index contributed by atoms with van der Waals surface area (Å²) in [6.45, 7) is -0.351. The monoisotopic (exact) mass is 278 g/mol. The number of benzene rings is 1. The van der Waals surface area contributed by atoms with E-state index in [2.05, 4.69) is 15.0 Å². The zero-order valence-corrected chi connectivity index (χ0v) is 10.5. The lowest BCUT2D eigenvalue weighted by Crippen LogP contribution is -2.33. The van der Waals surface area contributed by atoms with E-state index in [1.807, 2.05) is 0 Å². The van der Waals surface area contributed by atoms with Gasteiger partial charge in [-0.25, -0.2) is 4.39 Å². The number of methoxy groups -OCH3 is 1. The Morgan fingerprint density at radius 3 is 2.85 bits per heavy atom. The normalized spacial score (nSPS) is 10.3. The average Bonchev–Trinajstić information content (AvgIpc) is 2.45. The Morgan fingerprint density at radius 1 is 1.40 bits per heavy atom. The molecule has 0 radical (unpaired) electrons. The molecule has 0 aliphatic heterocycles. The molecule has 0 atom stereocenters. The van der Waals surface area contributed by atoms with Crippen LogP contribution in [0.2, 0.25) is 0 Å². The van der Waals surface area contributed by atoms with Crippen LogP contribution in [-0.4, -0.2) is 30.5 Å². The molecule has 0 saturated carbocycles. The van der Waals surface area contributed by atoms with Gasteiger partial charge in [0.2, 0.25) is 5.43 Å². The minimum absolute atomic E-state index is 0.0296. The van der Waals surface area contributed by atoms with Crippen molar-refractivity contribution in [3.05, 3.63) is 46.0 Å². The molecule has 2 rings (SSSR count). The van der Waals surface area contributed by atoms with Crippen molar-refractivity contribution in [1.29, 1.82) is 0 Å². The maximum atomic E-state index is 13.5. The molecule has 1 heterocycles. The topological polar surface area (TPSA) is 88.3 Å². The number of ether oxygens (including phenoxy) is 1. The van der Waals surface area contributed by atoms with Gasteiger partial charge in [-0.15, -0.1) is 0 Å². The number of carbonyl (C=O) groups is 2. The Morgan fingerprint density at radius 2 is 2.15 bits per heavy atom. The first-order valence-corrected chi connectivity index (χ1v) is 5.69. The molecule has 0 spiro atoms. The van der Waals surface area contributed by atoms with Crippen LogP contribution in [0.5, 0.6) is 0 Å². The van der Waals surface area contributed by atoms with Crippen molar-refractivity contribution in [3.63, 3.8) is 0 Å². The van der Waals surface area contributed by atoms with Crippen LogP contribution in [0, 0.1) is 5.82 Å². The molecule has 20 heavy (non-hydrogen) atoms. The van der Waals surface area contributed by atoms with Gasteiger partial charge in [0.15, 0.2) is 0 Å². The first kappa shape index (κ1) is 13.7. The van der Waals surface area contributed by atoms with Gasteiger partial charge >= 0.3 is 5.97 Å². The summed E-state index contributed by atoms with van der Waals surface area (Å²) >= 11 is 0. The molecular weight excluding hydrogens is 267 g/mol. The van der Waals surface area contributed by atoms with E-state index in [9.17, 15) is 18.8 Å². The molecule has 1 aromatic heterocycles. The molecule has 7 heteroatoms. The Balaban J connectivity index is 2.36. The van der Waals surface area contributed by atoms with Crippen LogP contribution in [0.4, 0.5) is 4.39 Å². The number of rotatable bonds is 3. The van der Waals surface area contributed by atoms with E-state index in [1.165, 1.54) is 25.3 Å².